The first-order valence-corrected chi connectivity index (χ1v) is 10.2. The van der Waals surface area contributed by atoms with Crippen LogP contribution in [0.3, 0.4) is 0 Å². The SMILES string of the molecule is COCCNC(=O)c1ccccc1NS(=O)(=O)C1=Cc2ccccc2CC1. The maximum Gasteiger partial charge on any atom is 0.258 e. The Morgan fingerprint density at radius 2 is 1.81 bits per heavy atom. The number of nitrogens with one attached hydrogen (secondary N) is 2. The van der Waals surface area contributed by atoms with Crippen LogP contribution in [0, 0.1) is 0 Å². The number of rotatable bonds is 7. The zero-order valence-corrected chi connectivity index (χ0v) is 15.9. The molecule has 7 heteroatoms. The number of ether oxygens (including phenoxy) is 1. The fourth-order valence-corrected chi connectivity index (χ4v) is 4.21. The third-order valence-electron chi connectivity index (χ3n) is 4.37. The highest BCUT2D eigenvalue weighted by Crippen LogP contribution is 2.28. The molecular formula is C20H22N2O4S. The van der Waals surface area contributed by atoms with Crippen LogP contribution in [0.4, 0.5) is 5.69 Å². The number of para-hydroxylation sites is 1. The summed E-state index contributed by atoms with van der Waals surface area (Å²) in [4.78, 5) is 12.7. The van der Waals surface area contributed by atoms with E-state index in [4.69, 9.17) is 4.74 Å². The molecule has 142 valence electrons. The number of carbonyl (C=O) groups is 1. The van der Waals surface area contributed by atoms with Crippen molar-refractivity contribution >= 4 is 27.7 Å². The molecule has 0 radical (unpaired) electrons. The average Bonchev–Trinajstić information content (AvgIpc) is 2.68. The summed E-state index contributed by atoms with van der Waals surface area (Å²) in [6.45, 7) is 0.726. The third kappa shape index (κ3) is 4.56. The number of fused-ring (bicyclic) bond motifs is 1. The van der Waals surface area contributed by atoms with Crippen LogP contribution >= 0.6 is 0 Å². The third-order valence-corrected chi connectivity index (χ3v) is 5.87. The lowest BCUT2D eigenvalue weighted by Gasteiger charge is -2.18. The summed E-state index contributed by atoms with van der Waals surface area (Å²) >= 11 is 0. The maximum absolute atomic E-state index is 12.9. The number of aryl methyl sites for hydroxylation is 1. The van der Waals surface area contributed by atoms with Gasteiger partial charge in [0.2, 0.25) is 0 Å². The molecule has 1 aliphatic carbocycles. The predicted molar refractivity (Wildman–Crippen MR) is 106 cm³/mol. The second-order valence-electron chi connectivity index (χ2n) is 6.21. The van der Waals surface area contributed by atoms with E-state index in [9.17, 15) is 13.2 Å². The highest BCUT2D eigenvalue weighted by Gasteiger charge is 2.23. The van der Waals surface area contributed by atoms with E-state index < -0.39 is 10.0 Å². The zero-order chi connectivity index (χ0) is 19.3. The Morgan fingerprint density at radius 3 is 2.63 bits per heavy atom. The molecule has 0 fully saturated rings. The van der Waals surface area contributed by atoms with Crippen molar-refractivity contribution in [1.82, 2.24) is 5.32 Å². The predicted octanol–water partition coefficient (Wildman–Crippen LogP) is 2.79. The Balaban J connectivity index is 1.83. The average molecular weight is 386 g/mol. The first kappa shape index (κ1) is 19.1. The monoisotopic (exact) mass is 386 g/mol. The Kier molecular flexibility index (Phi) is 5.93. The van der Waals surface area contributed by atoms with Crippen molar-refractivity contribution in [2.24, 2.45) is 0 Å². The summed E-state index contributed by atoms with van der Waals surface area (Å²) in [7, 11) is -2.21. The molecule has 27 heavy (non-hydrogen) atoms. The fraction of sp³-hybridized carbons (Fsp3) is 0.250. The Morgan fingerprint density at radius 1 is 1.07 bits per heavy atom. The van der Waals surface area contributed by atoms with Crippen LogP contribution in [0.15, 0.2) is 53.4 Å². The molecule has 1 amide bonds. The molecule has 1 aliphatic rings. The minimum Gasteiger partial charge on any atom is -0.383 e. The molecule has 0 saturated heterocycles. The van der Waals surface area contributed by atoms with E-state index in [1.165, 1.54) is 0 Å². The van der Waals surface area contributed by atoms with Crippen LogP contribution in [-0.2, 0) is 21.2 Å². The van der Waals surface area contributed by atoms with Crippen molar-refractivity contribution in [1.29, 1.82) is 0 Å². The Hall–Kier alpha value is -2.64. The van der Waals surface area contributed by atoms with Crippen molar-refractivity contribution in [3.8, 4) is 0 Å². The normalized spacial score (nSPS) is 13.4. The number of methoxy groups -OCH3 is 1. The highest BCUT2D eigenvalue weighted by atomic mass is 32.2. The molecule has 0 bridgehead atoms. The second kappa shape index (κ2) is 8.37. The first-order chi connectivity index (χ1) is 13.0. The minimum atomic E-state index is -3.75. The quantitative estimate of drug-likeness (QED) is 0.717. The summed E-state index contributed by atoms with van der Waals surface area (Å²) in [5.41, 5.74) is 2.57. The van der Waals surface area contributed by atoms with Gasteiger partial charge in [0.25, 0.3) is 15.9 Å². The number of carbonyl (C=O) groups excluding carboxylic acids is 1. The molecule has 0 atom stereocenters. The van der Waals surface area contributed by atoms with Gasteiger partial charge in [-0.3, -0.25) is 9.52 Å². The van der Waals surface area contributed by atoms with Crippen LogP contribution < -0.4 is 10.0 Å². The van der Waals surface area contributed by atoms with E-state index in [1.807, 2.05) is 24.3 Å². The summed E-state index contributed by atoms with van der Waals surface area (Å²) < 4.78 is 33.2. The van der Waals surface area contributed by atoms with E-state index in [-0.39, 0.29) is 17.2 Å². The maximum atomic E-state index is 12.9. The lowest BCUT2D eigenvalue weighted by molar-refractivity contribution is 0.0938. The number of anilines is 1. The smallest absolute Gasteiger partial charge is 0.258 e. The molecule has 3 rings (SSSR count). The van der Waals surface area contributed by atoms with Crippen molar-refractivity contribution in [2.45, 2.75) is 12.8 Å². The van der Waals surface area contributed by atoms with Gasteiger partial charge in [-0.05, 0) is 42.2 Å². The largest absolute Gasteiger partial charge is 0.383 e. The van der Waals surface area contributed by atoms with Crippen LogP contribution in [0.1, 0.15) is 27.9 Å². The molecule has 0 spiro atoms. The van der Waals surface area contributed by atoms with Crippen molar-refractivity contribution in [3.05, 3.63) is 70.1 Å². The van der Waals surface area contributed by atoms with Crippen LogP contribution in [0.2, 0.25) is 0 Å². The number of hydrogen-bond donors (Lipinski definition) is 2. The van der Waals surface area contributed by atoms with Gasteiger partial charge in [0.1, 0.15) is 0 Å². The molecular weight excluding hydrogens is 364 g/mol. The number of benzene rings is 2. The van der Waals surface area contributed by atoms with Gasteiger partial charge in [-0.2, -0.15) is 0 Å². The molecule has 0 aliphatic heterocycles. The van der Waals surface area contributed by atoms with Crippen molar-refractivity contribution < 1.29 is 17.9 Å². The molecule has 2 N–H and O–H groups in total. The molecule has 0 saturated carbocycles. The van der Waals surface area contributed by atoms with Crippen molar-refractivity contribution in [3.63, 3.8) is 0 Å². The van der Waals surface area contributed by atoms with E-state index in [0.717, 1.165) is 11.1 Å². The molecule has 0 aromatic heterocycles. The summed E-state index contributed by atoms with van der Waals surface area (Å²) in [5, 5.41) is 2.71. The van der Waals surface area contributed by atoms with Crippen LogP contribution in [-0.4, -0.2) is 34.6 Å². The lowest BCUT2D eigenvalue weighted by atomic mass is 9.98. The Bertz CT molecular complexity index is 967. The number of hydrogen-bond acceptors (Lipinski definition) is 4. The van der Waals surface area contributed by atoms with Gasteiger partial charge >= 0.3 is 0 Å². The number of allylic oxidation sites excluding steroid dienone is 1. The van der Waals surface area contributed by atoms with Crippen LogP contribution in [0.25, 0.3) is 6.08 Å². The highest BCUT2D eigenvalue weighted by molar-refractivity contribution is 7.96. The Labute approximate surface area is 159 Å². The minimum absolute atomic E-state index is 0.257. The number of sulfonamides is 1. The van der Waals surface area contributed by atoms with Gasteiger partial charge in [0.05, 0.1) is 22.8 Å². The molecule has 2 aromatic carbocycles. The van der Waals surface area contributed by atoms with Gasteiger partial charge in [0, 0.05) is 13.7 Å². The van der Waals surface area contributed by atoms with E-state index in [0.29, 0.717) is 30.9 Å². The molecule has 0 unspecified atom stereocenters. The first-order valence-electron chi connectivity index (χ1n) is 8.69. The molecule has 6 nitrogen and oxygen atoms in total. The van der Waals surface area contributed by atoms with Gasteiger partial charge in [-0.25, -0.2) is 8.42 Å². The van der Waals surface area contributed by atoms with E-state index in [2.05, 4.69) is 10.0 Å². The van der Waals surface area contributed by atoms with Gasteiger partial charge in [-0.15, -0.1) is 0 Å². The van der Waals surface area contributed by atoms with Crippen LogP contribution in [0.5, 0.6) is 0 Å². The van der Waals surface area contributed by atoms with Gasteiger partial charge in [0.15, 0.2) is 0 Å². The molecule has 0 heterocycles. The van der Waals surface area contributed by atoms with Crippen molar-refractivity contribution in [2.75, 3.05) is 25.0 Å². The summed E-state index contributed by atoms with van der Waals surface area (Å²) in [6, 6.07) is 14.3. The fourth-order valence-electron chi connectivity index (χ4n) is 2.96. The van der Waals surface area contributed by atoms with Gasteiger partial charge < -0.3 is 10.1 Å². The topological polar surface area (TPSA) is 84.5 Å². The summed E-state index contributed by atoms with van der Waals surface area (Å²) in [6.07, 6.45) is 2.79. The molecule has 2 aromatic rings. The standard InChI is InChI=1S/C20H22N2O4S/c1-26-13-12-21-20(23)18-8-4-5-9-19(18)22-27(24,25)17-11-10-15-6-2-3-7-16(15)14-17/h2-9,14,22H,10-13H2,1H3,(H,21,23). The van der Waals surface area contributed by atoms with E-state index in [1.54, 1.807) is 37.5 Å². The number of amides is 1. The zero-order valence-electron chi connectivity index (χ0n) is 15.1. The van der Waals surface area contributed by atoms with Gasteiger partial charge in [-0.1, -0.05) is 36.4 Å². The van der Waals surface area contributed by atoms with E-state index >= 15 is 0 Å². The lowest BCUT2D eigenvalue weighted by Crippen LogP contribution is -2.28. The summed E-state index contributed by atoms with van der Waals surface area (Å²) in [5.74, 6) is -0.353. The second-order valence-corrected chi connectivity index (χ2v) is 7.94.